The second-order valence-electron chi connectivity index (χ2n) is 4.94. The van der Waals surface area contributed by atoms with Gasteiger partial charge in [-0.3, -0.25) is 9.59 Å². The van der Waals surface area contributed by atoms with E-state index in [1.54, 1.807) is 28.0 Å². The molecule has 2 amide bonds. The van der Waals surface area contributed by atoms with Gasteiger partial charge in [-0.2, -0.15) is 0 Å². The van der Waals surface area contributed by atoms with Gasteiger partial charge in [-0.1, -0.05) is 23.7 Å². The molecule has 5 heteroatoms. The number of carbonyl (C=O) groups excluding carboxylic acids is 2. The number of likely N-dealkylation sites (N-methyl/N-ethyl adjacent to an activating group) is 1. The number of benzene rings is 1. The summed E-state index contributed by atoms with van der Waals surface area (Å²) in [4.78, 5) is 27.5. The van der Waals surface area contributed by atoms with Gasteiger partial charge in [-0.05, 0) is 30.7 Å². The third-order valence-electron chi connectivity index (χ3n) is 3.55. The molecule has 0 bridgehead atoms. The molecule has 0 radical (unpaired) electrons. The molecule has 1 aliphatic rings. The number of amides is 2. The molecule has 2 rings (SSSR count). The van der Waals surface area contributed by atoms with Crippen molar-refractivity contribution in [2.45, 2.75) is 13.3 Å². The molecule has 1 heterocycles. The van der Waals surface area contributed by atoms with Gasteiger partial charge in [0.2, 0.25) is 11.8 Å². The Morgan fingerprint density at radius 1 is 1.33 bits per heavy atom. The Kier molecular flexibility index (Phi) is 5.39. The summed E-state index contributed by atoms with van der Waals surface area (Å²) in [5.74, 6) is 0.0485. The highest BCUT2D eigenvalue weighted by atomic mass is 35.5. The number of halogens is 1. The highest BCUT2D eigenvalue weighted by Crippen LogP contribution is 2.12. The fourth-order valence-corrected chi connectivity index (χ4v) is 2.50. The molecule has 0 atom stereocenters. The second-order valence-corrected chi connectivity index (χ2v) is 5.37. The van der Waals surface area contributed by atoms with Crippen LogP contribution < -0.4 is 0 Å². The van der Waals surface area contributed by atoms with E-state index in [9.17, 15) is 9.59 Å². The van der Waals surface area contributed by atoms with Gasteiger partial charge < -0.3 is 9.80 Å². The number of carbonyl (C=O) groups is 2. The fourth-order valence-electron chi connectivity index (χ4n) is 2.30. The average molecular weight is 307 g/mol. The van der Waals surface area contributed by atoms with E-state index < -0.39 is 0 Å². The van der Waals surface area contributed by atoms with Crippen LogP contribution in [0, 0.1) is 0 Å². The summed E-state index contributed by atoms with van der Waals surface area (Å²) in [5, 5.41) is 0.642. The van der Waals surface area contributed by atoms with Gasteiger partial charge in [-0.15, -0.1) is 0 Å². The first-order valence-electron chi connectivity index (χ1n) is 7.10. The Morgan fingerprint density at radius 2 is 2.14 bits per heavy atom. The summed E-state index contributed by atoms with van der Waals surface area (Å²) >= 11 is 5.91. The number of hydrogen-bond donors (Lipinski definition) is 0. The summed E-state index contributed by atoms with van der Waals surface area (Å²) < 4.78 is 0. The quantitative estimate of drug-likeness (QED) is 0.805. The Balaban J connectivity index is 1.98. The molecular formula is C16H19ClN2O2. The van der Waals surface area contributed by atoms with Crippen LogP contribution >= 0.6 is 11.6 Å². The Labute approximate surface area is 130 Å². The van der Waals surface area contributed by atoms with Crippen LogP contribution in [0.5, 0.6) is 0 Å². The lowest BCUT2D eigenvalue weighted by Crippen LogP contribution is -2.34. The molecule has 112 valence electrons. The molecule has 0 N–H and O–H groups in total. The summed E-state index contributed by atoms with van der Waals surface area (Å²) in [6.45, 7) is 4.31. The van der Waals surface area contributed by atoms with Gasteiger partial charge >= 0.3 is 0 Å². The molecule has 21 heavy (non-hydrogen) atoms. The zero-order valence-corrected chi connectivity index (χ0v) is 12.8. The normalized spacial score (nSPS) is 16.4. The molecule has 1 saturated heterocycles. The maximum Gasteiger partial charge on any atom is 0.246 e. The average Bonchev–Trinajstić information content (AvgIpc) is 2.66. The van der Waals surface area contributed by atoms with Crippen molar-refractivity contribution in [3.63, 3.8) is 0 Å². The number of rotatable bonds is 3. The molecule has 4 nitrogen and oxygen atoms in total. The van der Waals surface area contributed by atoms with Gasteiger partial charge in [0, 0.05) is 43.7 Å². The first-order valence-corrected chi connectivity index (χ1v) is 7.48. The highest BCUT2D eigenvalue weighted by Gasteiger charge is 2.21. The van der Waals surface area contributed by atoms with E-state index >= 15 is 0 Å². The summed E-state index contributed by atoms with van der Waals surface area (Å²) in [6.07, 6.45) is 3.68. The first kappa shape index (κ1) is 15.6. The van der Waals surface area contributed by atoms with E-state index in [-0.39, 0.29) is 11.8 Å². The van der Waals surface area contributed by atoms with Crippen LogP contribution in [0.15, 0.2) is 30.3 Å². The molecule has 0 unspecified atom stereocenters. The Morgan fingerprint density at radius 3 is 2.86 bits per heavy atom. The van der Waals surface area contributed by atoms with Gasteiger partial charge in [0.25, 0.3) is 0 Å². The Hall–Kier alpha value is -1.81. The minimum Gasteiger partial charge on any atom is -0.341 e. The molecule has 0 aromatic heterocycles. The van der Waals surface area contributed by atoms with Crippen LogP contribution in [0.4, 0.5) is 0 Å². The highest BCUT2D eigenvalue weighted by molar-refractivity contribution is 6.30. The second kappa shape index (κ2) is 7.27. The van der Waals surface area contributed by atoms with Gasteiger partial charge in [0.15, 0.2) is 0 Å². The topological polar surface area (TPSA) is 40.6 Å². The minimum absolute atomic E-state index is 0.0688. The van der Waals surface area contributed by atoms with Crippen LogP contribution in [-0.4, -0.2) is 47.8 Å². The van der Waals surface area contributed by atoms with Crippen molar-refractivity contribution < 1.29 is 9.59 Å². The first-order chi connectivity index (χ1) is 10.1. The van der Waals surface area contributed by atoms with E-state index in [2.05, 4.69) is 0 Å². The van der Waals surface area contributed by atoms with Crippen molar-refractivity contribution in [3.8, 4) is 0 Å². The molecular weight excluding hydrogens is 288 g/mol. The molecule has 0 saturated carbocycles. The third-order valence-corrected chi connectivity index (χ3v) is 3.78. The van der Waals surface area contributed by atoms with Crippen LogP contribution in [0.3, 0.4) is 0 Å². The maximum atomic E-state index is 12.2. The van der Waals surface area contributed by atoms with Crippen molar-refractivity contribution in [2.24, 2.45) is 0 Å². The van der Waals surface area contributed by atoms with E-state index in [4.69, 9.17) is 11.6 Å². The maximum absolute atomic E-state index is 12.2. The largest absolute Gasteiger partial charge is 0.341 e. The van der Waals surface area contributed by atoms with Gasteiger partial charge in [0.05, 0.1) is 0 Å². The van der Waals surface area contributed by atoms with Gasteiger partial charge in [-0.25, -0.2) is 0 Å². The van der Waals surface area contributed by atoms with Crippen LogP contribution in [0.2, 0.25) is 5.02 Å². The number of hydrogen-bond acceptors (Lipinski definition) is 2. The molecule has 1 fully saturated rings. The lowest BCUT2D eigenvalue weighted by Gasteiger charge is -2.19. The zero-order chi connectivity index (χ0) is 15.2. The molecule has 1 aliphatic heterocycles. The predicted octanol–water partition coefficient (Wildman–Crippen LogP) is 2.43. The Bertz CT molecular complexity index is 557. The third kappa shape index (κ3) is 4.33. The van der Waals surface area contributed by atoms with Gasteiger partial charge in [0.1, 0.15) is 0 Å². The summed E-state index contributed by atoms with van der Waals surface area (Å²) in [7, 11) is 0. The van der Waals surface area contributed by atoms with E-state index in [0.717, 1.165) is 5.56 Å². The fraction of sp³-hybridized carbons (Fsp3) is 0.375. The zero-order valence-electron chi connectivity index (χ0n) is 12.1. The van der Waals surface area contributed by atoms with Crippen LogP contribution in [0.1, 0.15) is 18.9 Å². The van der Waals surface area contributed by atoms with Crippen molar-refractivity contribution in [3.05, 3.63) is 40.9 Å². The summed E-state index contributed by atoms with van der Waals surface area (Å²) in [5.41, 5.74) is 0.886. The lowest BCUT2D eigenvalue weighted by atomic mass is 10.2. The summed E-state index contributed by atoms with van der Waals surface area (Å²) in [6, 6.07) is 7.33. The van der Waals surface area contributed by atoms with E-state index in [1.165, 1.54) is 6.08 Å². The number of nitrogens with zero attached hydrogens (tertiary/aromatic N) is 2. The smallest absolute Gasteiger partial charge is 0.246 e. The van der Waals surface area contributed by atoms with E-state index in [0.29, 0.717) is 37.6 Å². The standard InChI is InChI=1S/C16H19ClN2O2/c1-2-18-10-11-19(9-8-16(18)21)15(20)7-6-13-4-3-5-14(17)12-13/h3-7,12H,2,8-11H2,1H3. The molecule has 0 spiro atoms. The molecule has 1 aromatic rings. The predicted molar refractivity (Wildman–Crippen MR) is 83.9 cm³/mol. The van der Waals surface area contributed by atoms with Crippen molar-refractivity contribution in [1.82, 2.24) is 9.80 Å². The van der Waals surface area contributed by atoms with Crippen LogP contribution in [0.25, 0.3) is 6.08 Å². The van der Waals surface area contributed by atoms with Crippen molar-refractivity contribution in [2.75, 3.05) is 26.2 Å². The monoisotopic (exact) mass is 306 g/mol. The SMILES string of the molecule is CCN1CCN(C(=O)C=Cc2cccc(Cl)c2)CCC1=O. The molecule has 1 aromatic carbocycles. The molecule has 0 aliphatic carbocycles. The van der Waals surface area contributed by atoms with E-state index in [1.807, 2.05) is 19.1 Å². The lowest BCUT2D eigenvalue weighted by molar-refractivity contribution is -0.130. The van der Waals surface area contributed by atoms with Crippen molar-refractivity contribution >= 4 is 29.5 Å². The van der Waals surface area contributed by atoms with Crippen molar-refractivity contribution in [1.29, 1.82) is 0 Å². The minimum atomic E-state index is -0.0688. The van der Waals surface area contributed by atoms with Crippen LogP contribution in [-0.2, 0) is 9.59 Å².